The van der Waals surface area contributed by atoms with Crippen LogP contribution in [0.5, 0.6) is 17.2 Å². The Hall–Kier alpha value is -7.38. The van der Waals surface area contributed by atoms with Crippen LogP contribution in [-0.2, 0) is 42.7 Å². The summed E-state index contributed by atoms with van der Waals surface area (Å²) in [6.45, 7) is 11.4. The summed E-state index contributed by atoms with van der Waals surface area (Å²) in [7, 11) is 0. The number of allylic oxidation sites excluding steroid dienone is 7. The molecule has 0 fully saturated rings. The Balaban J connectivity index is 1.40. The summed E-state index contributed by atoms with van der Waals surface area (Å²) in [5.74, 6) is -0.344. The molecule has 0 saturated carbocycles. The molecule has 5 rings (SSSR count). The molecule has 6 unspecified atom stereocenters. The summed E-state index contributed by atoms with van der Waals surface area (Å²) in [6, 6.07) is 18.3. The lowest BCUT2D eigenvalue weighted by Gasteiger charge is -2.32. The average molecular weight is 1240 g/mol. The number of hydrogen-bond donors (Lipinski definition) is 4. The second-order valence-electron chi connectivity index (χ2n) is 22.3. The Kier molecular flexibility index (Phi) is 34.0. The lowest BCUT2D eigenvalue weighted by atomic mass is 9.75. The first kappa shape index (κ1) is 72.4. The number of rotatable bonds is 46. The van der Waals surface area contributed by atoms with Gasteiger partial charge in [0.1, 0.15) is 106 Å². The lowest BCUT2D eigenvalue weighted by Crippen LogP contribution is -2.26. The maximum atomic E-state index is 13.1. The number of carbonyl (C=O) groups excluding carboxylic acids is 4. The molecule has 0 heterocycles. The van der Waals surface area contributed by atoms with Crippen molar-refractivity contribution >= 4 is 35.5 Å². The number of carbonyl (C=O) groups is 4. The van der Waals surface area contributed by atoms with Gasteiger partial charge in [-0.15, -0.1) is 0 Å². The largest absolute Gasteiger partial charge is 0.498 e. The zero-order chi connectivity index (χ0) is 64.0. The van der Waals surface area contributed by atoms with Gasteiger partial charge in [0.2, 0.25) is 0 Å². The Morgan fingerprint density at radius 3 is 1.51 bits per heavy atom. The van der Waals surface area contributed by atoms with Crippen molar-refractivity contribution in [3.05, 3.63) is 149 Å². The van der Waals surface area contributed by atoms with Crippen LogP contribution in [0.25, 0.3) is 11.6 Å². The molecule has 18 nitrogen and oxygen atoms in total. The van der Waals surface area contributed by atoms with Crippen LogP contribution >= 0.6 is 0 Å². The molecule has 4 N–H and O–H groups in total. The number of aliphatic hydroxyl groups is 4. The molecule has 0 radical (unpaired) electrons. The highest BCUT2D eigenvalue weighted by Crippen LogP contribution is 2.42. The second-order valence-corrected chi connectivity index (χ2v) is 22.3. The van der Waals surface area contributed by atoms with E-state index in [1.54, 1.807) is 85.0 Å². The van der Waals surface area contributed by atoms with E-state index in [0.29, 0.717) is 82.7 Å². The van der Waals surface area contributed by atoms with E-state index in [1.807, 2.05) is 18.2 Å². The van der Waals surface area contributed by atoms with E-state index in [9.17, 15) is 39.6 Å². The molecule has 2 aliphatic carbocycles. The van der Waals surface area contributed by atoms with Crippen LogP contribution in [-0.4, -0.2) is 135 Å². The van der Waals surface area contributed by atoms with Crippen LogP contribution in [0.1, 0.15) is 169 Å². The third-order valence-electron chi connectivity index (χ3n) is 14.6. The Labute approximate surface area is 526 Å². The van der Waals surface area contributed by atoms with E-state index < -0.39 is 48.2 Å². The van der Waals surface area contributed by atoms with Gasteiger partial charge in [-0.3, -0.25) is 9.59 Å². The third kappa shape index (κ3) is 27.5. The van der Waals surface area contributed by atoms with Crippen molar-refractivity contribution in [2.75, 3.05) is 66.1 Å². The van der Waals surface area contributed by atoms with Crippen LogP contribution < -0.4 is 14.2 Å². The number of unbranched alkanes of at least 4 members (excludes halogenated alkanes) is 10. The predicted molar refractivity (Wildman–Crippen MR) is 340 cm³/mol. The fourth-order valence-electron chi connectivity index (χ4n) is 9.43. The molecule has 3 aromatic rings. The summed E-state index contributed by atoms with van der Waals surface area (Å²) in [6.07, 6.45) is 21.8. The highest BCUT2D eigenvalue weighted by molar-refractivity contribution is 5.90. The van der Waals surface area contributed by atoms with Crippen LogP contribution in [0.4, 0.5) is 0 Å². The molecule has 488 valence electrons. The Morgan fingerprint density at radius 1 is 0.506 bits per heavy atom. The molecule has 6 atom stereocenters. The van der Waals surface area contributed by atoms with Crippen LogP contribution in [0.2, 0.25) is 0 Å². The highest BCUT2D eigenvalue weighted by Gasteiger charge is 2.32. The van der Waals surface area contributed by atoms with E-state index in [0.717, 1.165) is 77.0 Å². The van der Waals surface area contributed by atoms with E-state index in [1.165, 1.54) is 6.26 Å². The maximum Gasteiger partial charge on any atom is 0.338 e. The van der Waals surface area contributed by atoms with E-state index in [-0.39, 0.29) is 89.6 Å². The summed E-state index contributed by atoms with van der Waals surface area (Å²) < 4.78 is 58.0. The molecule has 0 spiro atoms. The number of ether oxygens (including phenoxy) is 10. The van der Waals surface area contributed by atoms with Gasteiger partial charge in [0.25, 0.3) is 0 Å². The average Bonchev–Trinajstić information content (AvgIpc) is 1.04. The smallest absolute Gasteiger partial charge is 0.338 e. The lowest BCUT2D eigenvalue weighted by molar-refractivity contribution is -0.148. The zero-order valence-corrected chi connectivity index (χ0v) is 52.7. The standard InChI is InChI=1S/C71H96O18/c1-6-11-15-17-19-21-68(76)86-47-57(73)44-84-63-35-24-52-29-36-67(85-46-59(75)48-87-69(77)22-20-18-16-12-7-2)66(65(52)41-63)39-55(42-80-43-56(72)49-88-70(78)53-25-30-60(31-26-53)81-37-13-8-3)64-40-62(34-23-51(64)10-5)83-45-58(74)50-89-71(79)54-27-32-61(33-28-54)82-38-14-9-4/h10,23-36,40-42,52,56-59,65,72-75H,5-9,11-22,37-39,43-50H2,1-4H3/b55-42+. The van der Waals surface area contributed by atoms with Crippen LogP contribution in [0, 0.1) is 11.8 Å². The van der Waals surface area contributed by atoms with Crippen molar-refractivity contribution in [3.8, 4) is 17.2 Å². The van der Waals surface area contributed by atoms with Gasteiger partial charge in [-0.1, -0.05) is 123 Å². The van der Waals surface area contributed by atoms with Crippen molar-refractivity contribution < 1.29 is 87.0 Å². The summed E-state index contributed by atoms with van der Waals surface area (Å²) in [5, 5.41) is 44.2. The molecule has 2 aliphatic rings. The molecule has 3 aromatic carbocycles. The van der Waals surface area contributed by atoms with Gasteiger partial charge in [0.05, 0.1) is 30.6 Å². The predicted octanol–water partition coefficient (Wildman–Crippen LogP) is 12.3. The van der Waals surface area contributed by atoms with Crippen LogP contribution in [0.15, 0.2) is 127 Å². The fourth-order valence-corrected chi connectivity index (χ4v) is 9.43. The van der Waals surface area contributed by atoms with Crippen molar-refractivity contribution in [1.82, 2.24) is 0 Å². The van der Waals surface area contributed by atoms with E-state index in [4.69, 9.17) is 47.4 Å². The highest BCUT2D eigenvalue weighted by atomic mass is 16.6. The quantitative estimate of drug-likeness (QED) is 0.0178. The number of esters is 4. The number of benzene rings is 3. The molecule has 0 aliphatic heterocycles. The topological polar surface area (TPSA) is 241 Å². The van der Waals surface area contributed by atoms with Crippen molar-refractivity contribution in [2.45, 2.75) is 161 Å². The number of hydrogen-bond acceptors (Lipinski definition) is 18. The monoisotopic (exact) mass is 1240 g/mol. The normalized spacial score (nSPS) is 15.8. The summed E-state index contributed by atoms with van der Waals surface area (Å²) in [5.41, 5.74) is 2.99. The molecular weight excluding hydrogens is 1140 g/mol. The SMILES string of the molecule is C=Cc1ccc(OCC(O)COC(=O)c2ccc(OCCCC)cc2)cc1/C(=C/OCC(O)COC(=O)c1ccc(OCCCC)cc1)CC1=C(OCC(O)COC(=O)CCCCCCC)C=CC2C=CC(OCC(O)COC(=O)CCCCCCC)=CC12. The van der Waals surface area contributed by atoms with Gasteiger partial charge < -0.3 is 67.8 Å². The van der Waals surface area contributed by atoms with Crippen molar-refractivity contribution in [2.24, 2.45) is 11.8 Å². The van der Waals surface area contributed by atoms with Gasteiger partial charge in [-0.2, -0.15) is 0 Å². The van der Waals surface area contributed by atoms with Gasteiger partial charge >= 0.3 is 23.9 Å². The first-order chi connectivity index (χ1) is 43.2. The van der Waals surface area contributed by atoms with E-state index >= 15 is 0 Å². The minimum Gasteiger partial charge on any atom is -0.498 e. The van der Waals surface area contributed by atoms with E-state index in [2.05, 4.69) is 34.3 Å². The maximum absolute atomic E-state index is 13.1. The molecule has 18 heteroatoms. The van der Waals surface area contributed by atoms with Gasteiger partial charge in [0, 0.05) is 31.1 Å². The Morgan fingerprint density at radius 2 is 0.978 bits per heavy atom. The van der Waals surface area contributed by atoms with Gasteiger partial charge in [0.15, 0.2) is 0 Å². The fraction of sp³-hybridized carbons (Fsp3) is 0.521. The molecular formula is C71H96O18. The molecule has 0 amide bonds. The molecule has 0 saturated heterocycles. The first-order valence-electron chi connectivity index (χ1n) is 31.8. The van der Waals surface area contributed by atoms with Crippen molar-refractivity contribution in [1.29, 1.82) is 0 Å². The molecule has 0 aromatic heterocycles. The van der Waals surface area contributed by atoms with Gasteiger partial charge in [-0.25, -0.2) is 9.59 Å². The number of aliphatic hydroxyl groups excluding tert-OH is 4. The second kappa shape index (κ2) is 41.8. The first-order valence-corrected chi connectivity index (χ1v) is 31.8. The zero-order valence-electron chi connectivity index (χ0n) is 52.7. The summed E-state index contributed by atoms with van der Waals surface area (Å²) >= 11 is 0. The Bertz CT molecular complexity index is 2760. The molecule has 89 heavy (non-hydrogen) atoms. The van der Waals surface area contributed by atoms with Crippen molar-refractivity contribution in [3.63, 3.8) is 0 Å². The number of fused-ring (bicyclic) bond motifs is 1. The van der Waals surface area contributed by atoms with Gasteiger partial charge in [-0.05, 0) is 127 Å². The van der Waals surface area contributed by atoms with Crippen LogP contribution in [0.3, 0.4) is 0 Å². The molecule has 0 bridgehead atoms. The summed E-state index contributed by atoms with van der Waals surface area (Å²) in [4.78, 5) is 51.1. The third-order valence-corrected chi connectivity index (χ3v) is 14.6. The minimum atomic E-state index is -1.27. The minimum absolute atomic E-state index is 0.0938.